The maximum Gasteiger partial charge on any atom is 0.138 e. The fourth-order valence-corrected chi connectivity index (χ4v) is 9.95. The molecule has 0 bridgehead atoms. The lowest BCUT2D eigenvalue weighted by atomic mass is 9.96. The van der Waals surface area contributed by atoms with Crippen LogP contribution < -0.4 is 0 Å². The van der Waals surface area contributed by atoms with Crippen LogP contribution in [0.15, 0.2) is 186 Å². The first-order chi connectivity index (χ1) is 27.3. The zero-order valence-corrected chi connectivity index (χ0v) is 30.3. The average Bonchev–Trinajstić information content (AvgIpc) is 3.94. The summed E-state index contributed by atoms with van der Waals surface area (Å²) in [6, 6.07) is 65.3. The van der Waals surface area contributed by atoms with Crippen molar-refractivity contribution in [2.75, 3.05) is 0 Å². The van der Waals surface area contributed by atoms with Crippen LogP contribution >= 0.6 is 11.3 Å². The molecule has 0 unspecified atom stereocenters. The molecule has 0 aliphatic rings. The molecule has 0 fully saturated rings. The minimum absolute atomic E-state index is 0.849. The number of benzene rings is 9. The number of hydrogen-bond donors (Lipinski definition) is 0. The summed E-state index contributed by atoms with van der Waals surface area (Å²) >= 11 is 1.78. The molecule has 9 aromatic carbocycles. The van der Waals surface area contributed by atoms with Gasteiger partial charge in [0.25, 0.3) is 0 Å². The third kappa shape index (κ3) is 4.52. The molecule has 0 saturated heterocycles. The van der Waals surface area contributed by atoms with Crippen LogP contribution in [0.5, 0.6) is 0 Å². The monoisotopic (exact) mass is 718 g/mol. The molecule has 0 N–H and O–H groups in total. The van der Waals surface area contributed by atoms with Gasteiger partial charge >= 0.3 is 0 Å². The van der Waals surface area contributed by atoms with Crippen molar-refractivity contribution in [2.45, 2.75) is 0 Å². The van der Waals surface area contributed by atoms with Crippen molar-refractivity contribution in [2.24, 2.45) is 0 Å². The normalized spacial score (nSPS) is 12.0. The summed E-state index contributed by atoms with van der Waals surface area (Å²) in [5, 5.41) is 10.5. The summed E-state index contributed by atoms with van der Waals surface area (Å²) in [6.07, 6.45) is 0. The zero-order chi connectivity index (χ0) is 36.0. The Morgan fingerprint density at radius 1 is 0.455 bits per heavy atom. The van der Waals surface area contributed by atoms with E-state index in [0.717, 1.165) is 54.0 Å². The van der Waals surface area contributed by atoms with Crippen molar-refractivity contribution in [1.29, 1.82) is 0 Å². The predicted molar refractivity (Wildman–Crippen MR) is 233 cm³/mol. The summed E-state index contributed by atoms with van der Waals surface area (Å²) in [5.41, 5.74) is 12.0. The van der Waals surface area contributed by atoms with E-state index in [1.54, 1.807) is 11.3 Å². The van der Waals surface area contributed by atoms with E-state index in [-0.39, 0.29) is 0 Å². The lowest BCUT2D eigenvalue weighted by Crippen LogP contribution is -1.93. The number of furan rings is 1. The number of hydrogen-bond acceptors (Lipinski definition) is 3. The third-order valence-corrected chi connectivity index (χ3v) is 12.3. The number of fused-ring (bicyclic) bond motifs is 10. The van der Waals surface area contributed by atoms with Gasteiger partial charge in [-0.15, -0.1) is 11.3 Å². The molecule has 12 rings (SSSR count). The molecule has 0 amide bonds. The molecular formula is C51H30N2OS. The van der Waals surface area contributed by atoms with Gasteiger partial charge in [-0.2, -0.15) is 0 Å². The molecule has 0 spiro atoms. The zero-order valence-electron chi connectivity index (χ0n) is 29.5. The van der Waals surface area contributed by atoms with E-state index in [9.17, 15) is 0 Å². The van der Waals surface area contributed by atoms with Crippen LogP contribution in [0.1, 0.15) is 0 Å². The van der Waals surface area contributed by atoms with E-state index >= 15 is 0 Å². The molecule has 3 nitrogen and oxygen atoms in total. The maximum atomic E-state index is 6.59. The first kappa shape index (κ1) is 30.5. The SMILES string of the molecule is c1ccc(-n2c3ccccc3c3c(-c4nc5c(s4)c(-c4ccc(-c6cccc7ccccc67)cc4)cc4oc6ccccc6c45)c4ccccc4cc32)cc1. The van der Waals surface area contributed by atoms with Crippen molar-refractivity contribution >= 4 is 86.8 Å². The quantitative estimate of drug-likeness (QED) is 0.181. The van der Waals surface area contributed by atoms with E-state index in [1.807, 2.05) is 6.07 Å². The van der Waals surface area contributed by atoms with E-state index in [4.69, 9.17) is 9.40 Å². The van der Waals surface area contributed by atoms with Gasteiger partial charge in [-0.05, 0) is 74.6 Å². The molecule has 0 aliphatic carbocycles. The molecule has 0 radical (unpaired) electrons. The minimum Gasteiger partial charge on any atom is -0.456 e. The second-order valence-corrected chi connectivity index (χ2v) is 15.3. The molecule has 256 valence electrons. The summed E-state index contributed by atoms with van der Waals surface area (Å²) in [5.74, 6) is 0. The van der Waals surface area contributed by atoms with Crippen LogP contribution in [-0.2, 0) is 0 Å². The van der Waals surface area contributed by atoms with Gasteiger partial charge < -0.3 is 8.98 Å². The van der Waals surface area contributed by atoms with E-state index < -0.39 is 0 Å². The van der Waals surface area contributed by atoms with Gasteiger partial charge in [-0.1, -0.05) is 146 Å². The molecule has 0 aliphatic heterocycles. The topological polar surface area (TPSA) is 31.0 Å². The van der Waals surface area contributed by atoms with Crippen LogP contribution in [0.3, 0.4) is 0 Å². The number of thiazole rings is 1. The second-order valence-electron chi connectivity index (χ2n) is 14.3. The van der Waals surface area contributed by atoms with Gasteiger partial charge in [-0.3, -0.25) is 0 Å². The van der Waals surface area contributed by atoms with Crippen molar-refractivity contribution in [3.63, 3.8) is 0 Å². The molecule has 3 heterocycles. The summed E-state index contributed by atoms with van der Waals surface area (Å²) in [6.45, 7) is 0. The highest BCUT2D eigenvalue weighted by Gasteiger charge is 2.24. The van der Waals surface area contributed by atoms with Gasteiger partial charge in [0.15, 0.2) is 0 Å². The Balaban J connectivity index is 1.16. The highest BCUT2D eigenvalue weighted by molar-refractivity contribution is 7.22. The van der Waals surface area contributed by atoms with Crippen molar-refractivity contribution in [1.82, 2.24) is 9.55 Å². The Morgan fingerprint density at radius 3 is 1.95 bits per heavy atom. The van der Waals surface area contributed by atoms with Gasteiger partial charge in [0, 0.05) is 33.0 Å². The number of aromatic nitrogens is 2. The fourth-order valence-electron chi connectivity index (χ4n) is 8.78. The summed E-state index contributed by atoms with van der Waals surface area (Å²) < 4.78 is 10.1. The fraction of sp³-hybridized carbons (Fsp3) is 0. The van der Waals surface area contributed by atoms with Crippen molar-refractivity contribution in [3.05, 3.63) is 182 Å². The van der Waals surface area contributed by atoms with Gasteiger partial charge in [0.2, 0.25) is 0 Å². The van der Waals surface area contributed by atoms with Gasteiger partial charge in [0.05, 0.1) is 26.6 Å². The first-order valence-electron chi connectivity index (χ1n) is 18.6. The molecule has 3 aromatic heterocycles. The van der Waals surface area contributed by atoms with E-state index in [1.165, 1.54) is 60.0 Å². The van der Waals surface area contributed by atoms with Gasteiger partial charge in [-0.25, -0.2) is 4.98 Å². The van der Waals surface area contributed by atoms with Crippen LogP contribution in [-0.4, -0.2) is 9.55 Å². The molecule has 0 atom stereocenters. The van der Waals surface area contributed by atoms with Crippen LogP contribution in [0.4, 0.5) is 0 Å². The highest BCUT2D eigenvalue weighted by Crippen LogP contribution is 2.49. The predicted octanol–water partition coefficient (Wildman–Crippen LogP) is 14.6. The third-order valence-electron chi connectivity index (χ3n) is 11.2. The first-order valence-corrected chi connectivity index (χ1v) is 19.4. The second kappa shape index (κ2) is 11.7. The molecule has 4 heteroatoms. The molecule has 55 heavy (non-hydrogen) atoms. The Hall–Kier alpha value is -7.01. The molecule has 12 aromatic rings. The van der Waals surface area contributed by atoms with Crippen LogP contribution in [0.2, 0.25) is 0 Å². The lowest BCUT2D eigenvalue weighted by Gasteiger charge is -2.10. The van der Waals surface area contributed by atoms with E-state index in [2.05, 4.69) is 180 Å². The maximum absolute atomic E-state index is 6.59. The Bertz CT molecular complexity index is 3470. The summed E-state index contributed by atoms with van der Waals surface area (Å²) in [4.78, 5) is 5.66. The Labute approximate surface area is 320 Å². The number of para-hydroxylation sites is 3. The standard InChI is InChI=1S/C51H30N2OS/c1-2-16-35(17-3-1)53-42-23-10-8-20-39(42)46-43(53)29-34-14-5-7-19-38(34)48(46)51-52-49-47-40-21-9-11-24-44(40)54-45(47)30-41(50(49)55-51)33-27-25-32(26-28-33)37-22-12-15-31-13-4-6-18-36(31)37/h1-30H. The van der Waals surface area contributed by atoms with Crippen LogP contribution in [0, 0.1) is 0 Å². The smallest absolute Gasteiger partial charge is 0.138 e. The average molecular weight is 719 g/mol. The van der Waals surface area contributed by atoms with Crippen LogP contribution in [0.25, 0.3) is 114 Å². The minimum atomic E-state index is 0.849. The largest absolute Gasteiger partial charge is 0.456 e. The summed E-state index contributed by atoms with van der Waals surface area (Å²) in [7, 11) is 0. The Morgan fingerprint density at radius 2 is 1.11 bits per heavy atom. The van der Waals surface area contributed by atoms with Crippen molar-refractivity contribution < 1.29 is 4.42 Å². The van der Waals surface area contributed by atoms with Crippen molar-refractivity contribution in [3.8, 4) is 38.5 Å². The highest BCUT2D eigenvalue weighted by atomic mass is 32.1. The molecule has 0 saturated carbocycles. The molecular weight excluding hydrogens is 689 g/mol. The Kier molecular flexibility index (Phi) is 6.50. The number of rotatable bonds is 4. The number of nitrogens with zero attached hydrogens (tertiary/aromatic N) is 2. The van der Waals surface area contributed by atoms with Gasteiger partial charge in [0.1, 0.15) is 16.2 Å². The van der Waals surface area contributed by atoms with E-state index in [0.29, 0.717) is 0 Å². The lowest BCUT2D eigenvalue weighted by molar-refractivity contribution is 0.669.